The number of carbonyl (C=O) groups is 2. The van der Waals surface area contributed by atoms with Gasteiger partial charge in [0.05, 0.1) is 5.56 Å². The van der Waals surface area contributed by atoms with E-state index in [9.17, 15) is 9.59 Å². The van der Waals surface area contributed by atoms with Gasteiger partial charge in [0, 0.05) is 12.4 Å². The molecule has 6 nitrogen and oxygen atoms in total. The zero-order chi connectivity index (χ0) is 14.5. The summed E-state index contributed by atoms with van der Waals surface area (Å²) in [6, 6.07) is 6.14. The topological polar surface area (TPSA) is 92.2 Å². The van der Waals surface area contributed by atoms with Crippen LogP contribution in [0.4, 0.5) is 5.82 Å². The molecule has 102 valence electrons. The predicted octanol–water partition coefficient (Wildman–Crippen LogP) is 2.15. The van der Waals surface area contributed by atoms with Crippen LogP contribution in [0.1, 0.15) is 20.7 Å². The summed E-state index contributed by atoms with van der Waals surface area (Å²) in [6.45, 7) is 0. The average molecular weight is 289 g/mol. The molecule has 2 rings (SSSR count). The lowest BCUT2D eigenvalue weighted by atomic mass is 10.2. The Balaban J connectivity index is 2.31. The van der Waals surface area contributed by atoms with Gasteiger partial charge in [0.25, 0.3) is 5.91 Å². The Kier molecular flexibility index (Phi) is 4.31. The second-order valence-electron chi connectivity index (χ2n) is 3.72. The van der Waals surface area contributed by atoms with E-state index in [0.29, 0.717) is 10.6 Å². The monoisotopic (exact) mass is 289 g/mol. The number of pyridine rings is 2. The van der Waals surface area contributed by atoms with E-state index in [1.807, 2.05) is 6.26 Å². The average Bonchev–Trinajstić information content (AvgIpc) is 2.47. The standard InChI is InChI=1S/C13H11N3O3S/c1-20-12-9(5-3-7-15-12)11(17)16-10-8(13(18)19)4-2-6-14-10/h2-7H,1H3,(H,18,19)(H,14,16,17). The molecule has 2 aromatic heterocycles. The van der Waals surface area contributed by atoms with E-state index in [-0.39, 0.29) is 11.4 Å². The second kappa shape index (κ2) is 6.16. The van der Waals surface area contributed by atoms with Crippen molar-refractivity contribution in [3.63, 3.8) is 0 Å². The minimum atomic E-state index is -1.15. The third-order valence-corrected chi connectivity index (χ3v) is 3.19. The third kappa shape index (κ3) is 2.94. The molecule has 1 amide bonds. The van der Waals surface area contributed by atoms with Crippen LogP contribution in [0.3, 0.4) is 0 Å². The van der Waals surface area contributed by atoms with Crippen LogP contribution < -0.4 is 5.32 Å². The number of hydrogen-bond donors (Lipinski definition) is 2. The fourth-order valence-corrected chi connectivity index (χ4v) is 2.13. The smallest absolute Gasteiger partial charge is 0.339 e. The number of aromatic carboxylic acids is 1. The van der Waals surface area contributed by atoms with E-state index >= 15 is 0 Å². The number of carbonyl (C=O) groups excluding carboxylic acids is 1. The Bertz CT molecular complexity index is 661. The van der Waals surface area contributed by atoms with Gasteiger partial charge in [0.1, 0.15) is 16.4 Å². The van der Waals surface area contributed by atoms with Crippen LogP contribution >= 0.6 is 11.8 Å². The summed E-state index contributed by atoms with van der Waals surface area (Å²) in [4.78, 5) is 31.2. The third-order valence-electron chi connectivity index (χ3n) is 2.48. The molecule has 20 heavy (non-hydrogen) atoms. The van der Waals surface area contributed by atoms with Crippen molar-refractivity contribution in [1.29, 1.82) is 0 Å². The number of rotatable bonds is 4. The first kappa shape index (κ1) is 14.0. The van der Waals surface area contributed by atoms with Gasteiger partial charge in [-0.1, -0.05) is 0 Å². The lowest BCUT2D eigenvalue weighted by molar-refractivity contribution is 0.0697. The number of thioether (sulfide) groups is 1. The van der Waals surface area contributed by atoms with Crippen molar-refractivity contribution in [2.24, 2.45) is 0 Å². The van der Waals surface area contributed by atoms with Crippen LogP contribution in [0.25, 0.3) is 0 Å². The number of anilines is 1. The van der Waals surface area contributed by atoms with E-state index < -0.39 is 11.9 Å². The van der Waals surface area contributed by atoms with Crippen LogP contribution in [0.5, 0.6) is 0 Å². The molecule has 0 aliphatic heterocycles. The molecular formula is C13H11N3O3S. The Morgan fingerprint density at radius 3 is 2.45 bits per heavy atom. The highest BCUT2D eigenvalue weighted by Crippen LogP contribution is 2.19. The van der Waals surface area contributed by atoms with Gasteiger partial charge in [-0.05, 0) is 30.5 Å². The molecule has 0 saturated heterocycles. The number of amides is 1. The highest BCUT2D eigenvalue weighted by Gasteiger charge is 2.16. The lowest BCUT2D eigenvalue weighted by Gasteiger charge is -2.08. The maximum Gasteiger partial charge on any atom is 0.339 e. The van der Waals surface area contributed by atoms with Crippen LogP contribution in [-0.4, -0.2) is 33.2 Å². The van der Waals surface area contributed by atoms with Crippen molar-refractivity contribution in [1.82, 2.24) is 9.97 Å². The fraction of sp³-hybridized carbons (Fsp3) is 0.0769. The summed E-state index contributed by atoms with van der Waals surface area (Å²) in [5.74, 6) is -1.57. The first-order chi connectivity index (χ1) is 9.63. The van der Waals surface area contributed by atoms with Gasteiger partial charge in [-0.25, -0.2) is 14.8 Å². The van der Waals surface area contributed by atoms with E-state index in [4.69, 9.17) is 5.11 Å². The number of nitrogens with zero attached hydrogens (tertiary/aromatic N) is 2. The SMILES string of the molecule is CSc1ncccc1C(=O)Nc1ncccc1C(=O)O. The molecule has 0 radical (unpaired) electrons. The van der Waals surface area contributed by atoms with Crippen LogP contribution in [0, 0.1) is 0 Å². The van der Waals surface area contributed by atoms with E-state index in [1.54, 1.807) is 18.3 Å². The first-order valence-corrected chi connectivity index (χ1v) is 6.84. The largest absolute Gasteiger partial charge is 0.478 e. The summed E-state index contributed by atoms with van der Waals surface area (Å²) >= 11 is 1.34. The molecule has 7 heteroatoms. The zero-order valence-corrected chi connectivity index (χ0v) is 11.3. The minimum absolute atomic E-state index is 0.0147. The molecule has 0 aliphatic rings. The Morgan fingerprint density at radius 2 is 1.80 bits per heavy atom. The second-order valence-corrected chi connectivity index (χ2v) is 4.51. The first-order valence-electron chi connectivity index (χ1n) is 5.62. The van der Waals surface area contributed by atoms with Crippen LogP contribution in [-0.2, 0) is 0 Å². The van der Waals surface area contributed by atoms with Gasteiger partial charge in [0.15, 0.2) is 0 Å². The van der Waals surface area contributed by atoms with Gasteiger partial charge >= 0.3 is 5.97 Å². The molecule has 0 atom stereocenters. The molecule has 2 heterocycles. The quantitative estimate of drug-likeness (QED) is 0.838. The predicted molar refractivity (Wildman–Crippen MR) is 75.2 cm³/mol. The highest BCUT2D eigenvalue weighted by atomic mass is 32.2. The summed E-state index contributed by atoms with van der Waals surface area (Å²) in [5.41, 5.74) is 0.317. The molecule has 0 aromatic carbocycles. The minimum Gasteiger partial charge on any atom is -0.478 e. The van der Waals surface area contributed by atoms with Crippen molar-refractivity contribution in [2.45, 2.75) is 5.03 Å². The highest BCUT2D eigenvalue weighted by molar-refractivity contribution is 7.98. The summed E-state index contributed by atoms with van der Waals surface area (Å²) in [7, 11) is 0. The number of nitrogens with one attached hydrogen (secondary N) is 1. The van der Waals surface area contributed by atoms with Crippen molar-refractivity contribution in [3.05, 3.63) is 47.8 Å². The van der Waals surface area contributed by atoms with Crippen molar-refractivity contribution >= 4 is 29.5 Å². The van der Waals surface area contributed by atoms with Gasteiger partial charge in [-0.3, -0.25) is 4.79 Å². The molecule has 0 bridgehead atoms. The van der Waals surface area contributed by atoms with Gasteiger partial charge in [0.2, 0.25) is 0 Å². The number of carboxylic acid groups (broad SMARTS) is 1. The van der Waals surface area contributed by atoms with Crippen molar-refractivity contribution in [2.75, 3.05) is 11.6 Å². The molecule has 0 fully saturated rings. The molecule has 0 aliphatic carbocycles. The maximum atomic E-state index is 12.2. The summed E-state index contributed by atoms with van der Waals surface area (Å²) in [6.07, 6.45) is 4.81. The van der Waals surface area contributed by atoms with Crippen LogP contribution in [0.15, 0.2) is 41.7 Å². The zero-order valence-electron chi connectivity index (χ0n) is 10.5. The molecule has 0 saturated carbocycles. The van der Waals surface area contributed by atoms with E-state index in [0.717, 1.165) is 0 Å². The van der Waals surface area contributed by atoms with E-state index in [1.165, 1.54) is 30.1 Å². The Labute approximate surface area is 119 Å². The Hall–Kier alpha value is -2.41. The van der Waals surface area contributed by atoms with Crippen LogP contribution in [0.2, 0.25) is 0 Å². The lowest BCUT2D eigenvalue weighted by Crippen LogP contribution is -2.17. The van der Waals surface area contributed by atoms with Gasteiger partial charge < -0.3 is 10.4 Å². The van der Waals surface area contributed by atoms with E-state index in [2.05, 4.69) is 15.3 Å². The Morgan fingerprint density at radius 1 is 1.15 bits per heavy atom. The summed E-state index contributed by atoms with van der Waals surface area (Å²) < 4.78 is 0. The molecule has 2 N–H and O–H groups in total. The normalized spacial score (nSPS) is 10.1. The van der Waals surface area contributed by atoms with Crippen molar-refractivity contribution in [3.8, 4) is 0 Å². The number of hydrogen-bond acceptors (Lipinski definition) is 5. The van der Waals surface area contributed by atoms with Crippen molar-refractivity contribution < 1.29 is 14.7 Å². The van der Waals surface area contributed by atoms with Gasteiger partial charge in [-0.15, -0.1) is 11.8 Å². The fourth-order valence-electron chi connectivity index (χ4n) is 1.58. The number of aromatic nitrogens is 2. The molecule has 0 spiro atoms. The molecule has 0 unspecified atom stereocenters. The summed E-state index contributed by atoms with van der Waals surface area (Å²) in [5, 5.41) is 12.1. The van der Waals surface area contributed by atoms with Gasteiger partial charge in [-0.2, -0.15) is 0 Å². The molecule has 2 aromatic rings. The maximum absolute atomic E-state index is 12.2. The number of carboxylic acids is 1. The molecular weight excluding hydrogens is 278 g/mol.